The molecule has 0 aliphatic rings. The normalized spacial score (nSPS) is 11.7. The summed E-state index contributed by atoms with van der Waals surface area (Å²) >= 11 is 0. The molecule has 0 aliphatic carbocycles. The van der Waals surface area contributed by atoms with Gasteiger partial charge in [-0.05, 0) is 185 Å². The van der Waals surface area contributed by atoms with E-state index in [0.29, 0.717) is 0 Å². The van der Waals surface area contributed by atoms with Crippen LogP contribution in [0.2, 0.25) is 0 Å². The number of hydrogen-bond acceptors (Lipinski definition) is 4. The molecule has 0 fully saturated rings. The molecule has 334 valence electrons. The monoisotopic (exact) mass is 900 g/mol. The summed E-state index contributed by atoms with van der Waals surface area (Å²) in [4.78, 5) is 4.77. The molecular weight excluding hydrogens is 853 g/mol. The largest absolute Gasteiger partial charge is 0.456 e. The fraction of sp³-hybridized carbons (Fsp3) is 0.0606. The van der Waals surface area contributed by atoms with Crippen LogP contribution in [0.1, 0.15) is 22.3 Å². The Balaban J connectivity index is 0.882. The third-order valence-electron chi connectivity index (χ3n) is 14.3. The fourth-order valence-corrected chi connectivity index (χ4v) is 10.7. The minimum atomic E-state index is 0.808. The van der Waals surface area contributed by atoms with Gasteiger partial charge in [0.05, 0.1) is 0 Å². The van der Waals surface area contributed by atoms with Crippen molar-refractivity contribution >= 4 is 99.5 Å². The molecule has 4 heteroatoms. The van der Waals surface area contributed by atoms with Gasteiger partial charge in [-0.1, -0.05) is 121 Å². The van der Waals surface area contributed by atoms with Gasteiger partial charge in [0.2, 0.25) is 0 Å². The van der Waals surface area contributed by atoms with Crippen molar-refractivity contribution in [1.29, 1.82) is 0 Å². The first-order valence-corrected chi connectivity index (χ1v) is 24.1. The SMILES string of the molecule is Cc1ccccc1N(c1ccc2cc3c(cc2c1)oc1cc2oc4cc5cc(N(c6ccccc6C)c6ccc(-c7ccccc7)cc6C)ccc5cc4c2cc13)c1ccc(-c2ccccc2)cc1C. The number of furan rings is 2. The lowest BCUT2D eigenvalue weighted by Gasteiger charge is -2.29. The maximum absolute atomic E-state index is 6.70. The highest BCUT2D eigenvalue weighted by Crippen LogP contribution is 2.45. The van der Waals surface area contributed by atoms with Crippen molar-refractivity contribution < 1.29 is 8.83 Å². The van der Waals surface area contributed by atoms with Crippen molar-refractivity contribution in [3.8, 4) is 22.3 Å². The Kier molecular flexibility index (Phi) is 9.70. The van der Waals surface area contributed by atoms with Crippen LogP contribution in [-0.2, 0) is 0 Å². The van der Waals surface area contributed by atoms with Gasteiger partial charge in [0.25, 0.3) is 0 Å². The second-order valence-corrected chi connectivity index (χ2v) is 18.8. The Morgan fingerprint density at radius 3 is 1.07 bits per heavy atom. The van der Waals surface area contributed by atoms with Crippen molar-refractivity contribution in [3.63, 3.8) is 0 Å². The van der Waals surface area contributed by atoms with Gasteiger partial charge in [-0.3, -0.25) is 0 Å². The van der Waals surface area contributed by atoms with E-state index < -0.39 is 0 Å². The van der Waals surface area contributed by atoms with E-state index in [1.807, 2.05) is 0 Å². The summed E-state index contributed by atoms with van der Waals surface area (Å²) in [7, 11) is 0. The molecule has 0 saturated heterocycles. The minimum absolute atomic E-state index is 0.808. The molecule has 0 N–H and O–H groups in total. The van der Waals surface area contributed by atoms with Crippen molar-refractivity contribution in [1.82, 2.24) is 0 Å². The molecule has 0 atom stereocenters. The van der Waals surface area contributed by atoms with Crippen LogP contribution in [-0.4, -0.2) is 0 Å². The van der Waals surface area contributed by atoms with Crippen molar-refractivity contribution in [2.75, 3.05) is 9.80 Å². The van der Waals surface area contributed by atoms with Gasteiger partial charge >= 0.3 is 0 Å². The predicted octanol–water partition coefficient (Wildman–Crippen LogP) is 19.3. The predicted molar refractivity (Wildman–Crippen MR) is 295 cm³/mol. The highest BCUT2D eigenvalue weighted by Gasteiger charge is 2.21. The fourth-order valence-electron chi connectivity index (χ4n) is 10.7. The van der Waals surface area contributed by atoms with E-state index in [1.54, 1.807) is 0 Å². The molecule has 13 rings (SSSR count). The van der Waals surface area contributed by atoms with E-state index in [2.05, 4.69) is 256 Å². The van der Waals surface area contributed by atoms with E-state index in [1.165, 1.54) is 44.5 Å². The van der Waals surface area contributed by atoms with Crippen molar-refractivity contribution in [2.45, 2.75) is 27.7 Å². The van der Waals surface area contributed by atoms with Gasteiger partial charge < -0.3 is 18.6 Å². The van der Waals surface area contributed by atoms with Crippen LogP contribution in [0.25, 0.3) is 87.7 Å². The van der Waals surface area contributed by atoms with Crippen LogP contribution in [0, 0.1) is 27.7 Å². The van der Waals surface area contributed by atoms with Gasteiger partial charge in [-0.25, -0.2) is 0 Å². The molecule has 0 saturated carbocycles. The molecule has 0 bridgehead atoms. The summed E-state index contributed by atoms with van der Waals surface area (Å²) in [6.07, 6.45) is 0. The molecule has 0 spiro atoms. The van der Waals surface area contributed by atoms with E-state index in [-0.39, 0.29) is 0 Å². The number of nitrogens with zero attached hydrogens (tertiary/aromatic N) is 2. The summed E-state index contributed by atoms with van der Waals surface area (Å²) < 4.78 is 13.4. The molecule has 2 heterocycles. The van der Waals surface area contributed by atoms with Crippen LogP contribution >= 0.6 is 0 Å². The lowest BCUT2D eigenvalue weighted by atomic mass is 10.00. The third kappa shape index (κ3) is 6.99. The van der Waals surface area contributed by atoms with Crippen LogP contribution in [0.4, 0.5) is 34.1 Å². The summed E-state index contributed by atoms with van der Waals surface area (Å²) in [5, 5.41) is 8.85. The average Bonchev–Trinajstić information content (AvgIpc) is 3.92. The summed E-state index contributed by atoms with van der Waals surface area (Å²) in [5.41, 5.74) is 19.7. The Hall–Kier alpha value is -8.86. The first-order chi connectivity index (χ1) is 34.3. The summed E-state index contributed by atoms with van der Waals surface area (Å²) in [6, 6.07) is 78.8. The van der Waals surface area contributed by atoms with Gasteiger partial charge in [0.15, 0.2) is 0 Å². The summed E-state index contributed by atoms with van der Waals surface area (Å²) in [6.45, 7) is 8.78. The van der Waals surface area contributed by atoms with Gasteiger partial charge in [-0.15, -0.1) is 0 Å². The zero-order valence-electron chi connectivity index (χ0n) is 39.5. The molecule has 0 aliphatic heterocycles. The molecule has 4 nitrogen and oxygen atoms in total. The maximum atomic E-state index is 6.70. The maximum Gasteiger partial charge on any atom is 0.139 e. The van der Waals surface area contributed by atoms with Crippen molar-refractivity contribution in [2.24, 2.45) is 0 Å². The van der Waals surface area contributed by atoms with Crippen LogP contribution in [0.15, 0.2) is 227 Å². The van der Waals surface area contributed by atoms with E-state index >= 15 is 0 Å². The van der Waals surface area contributed by atoms with Crippen LogP contribution in [0.5, 0.6) is 0 Å². The second-order valence-electron chi connectivity index (χ2n) is 18.8. The Morgan fingerprint density at radius 2 is 0.643 bits per heavy atom. The highest BCUT2D eigenvalue weighted by molar-refractivity contribution is 6.18. The topological polar surface area (TPSA) is 32.8 Å². The zero-order valence-corrected chi connectivity index (χ0v) is 39.5. The van der Waals surface area contributed by atoms with Crippen molar-refractivity contribution in [3.05, 3.63) is 241 Å². The molecule has 2 aromatic heterocycles. The van der Waals surface area contributed by atoms with Crippen LogP contribution < -0.4 is 9.80 Å². The molecule has 13 aromatic rings. The third-order valence-corrected chi connectivity index (χ3v) is 14.3. The average molecular weight is 901 g/mol. The molecule has 0 unspecified atom stereocenters. The number of aryl methyl sites for hydroxylation is 4. The lowest BCUT2D eigenvalue weighted by Crippen LogP contribution is -2.12. The number of rotatable bonds is 8. The van der Waals surface area contributed by atoms with E-state index in [4.69, 9.17) is 8.83 Å². The van der Waals surface area contributed by atoms with Gasteiger partial charge in [-0.2, -0.15) is 0 Å². The number of benzene rings is 11. The smallest absolute Gasteiger partial charge is 0.139 e. The first kappa shape index (κ1) is 41.3. The Bertz CT molecular complexity index is 3920. The van der Waals surface area contributed by atoms with Crippen LogP contribution in [0.3, 0.4) is 0 Å². The number of hydrogen-bond donors (Lipinski definition) is 0. The standard InChI is InChI=1S/C66H48N2O2/c1-41-15-11-13-21-59(41)67(61-29-25-47(31-43(61)3)45-17-7-5-8-18-45)53-27-23-49-35-55-57-39-58-56-36-50-24-28-54(34-52(50)38-64(56)70-66(58)40-65(57)69-63(55)37-51(49)33-53)68(60-22-14-12-16-42(60)2)62-30-26-48(32-44(62)4)46-19-9-6-10-20-46/h5-40H,1-4H3. The quantitative estimate of drug-likeness (QED) is 0.152. The van der Waals surface area contributed by atoms with E-state index in [9.17, 15) is 0 Å². The zero-order chi connectivity index (χ0) is 47.0. The molecule has 70 heavy (non-hydrogen) atoms. The molecular formula is C66H48N2O2. The molecule has 0 radical (unpaired) electrons. The molecule has 0 amide bonds. The second kappa shape index (κ2) is 16.4. The van der Waals surface area contributed by atoms with E-state index in [0.717, 1.165) is 99.5 Å². The highest BCUT2D eigenvalue weighted by atomic mass is 16.3. The van der Waals surface area contributed by atoms with Gasteiger partial charge in [0, 0.05) is 61.7 Å². The number of anilines is 6. The first-order valence-electron chi connectivity index (χ1n) is 24.1. The Morgan fingerprint density at radius 1 is 0.257 bits per heavy atom. The number of fused-ring (bicyclic) bond motifs is 8. The summed E-state index contributed by atoms with van der Waals surface area (Å²) in [5.74, 6) is 0. The lowest BCUT2D eigenvalue weighted by molar-refractivity contribution is 0.656. The molecule has 11 aromatic carbocycles. The number of para-hydroxylation sites is 2. The minimum Gasteiger partial charge on any atom is -0.456 e. The Labute approximate surface area is 406 Å². The van der Waals surface area contributed by atoms with Gasteiger partial charge in [0.1, 0.15) is 22.3 Å².